The van der Waals surface area contributed by atoms with Gasteiger partial charge in [-0.05, 0) is 53.9 Å². The van der Waals surface area contributed by atoms with Crippen LogP contribution in [0.25, 0.3) is 10.4 Å². The van der Waals surface area contributed by atoms with Gasteiger partial charge < -0.3 is 10.0 Å². The van der Waals surface area contributed by atoms with E-state index in [0.29, 0.717) is 5.56 Å². The SMILES string of the molecule is CN1CCc2c(-c3sc4c(c3C(=O)O)CC(C)(C)CC4)cccc21. The lowest BCUT2D eigenvalue weighted by atomic mass is 9.76. The van der Waals surface area contributed by atoms with Gasteiger partial charge in [-0.1, -0.05) is 26.0 Å². The lowest BCUT2D eigenvalue weighted by Crippen LogP contribution is -2.22. The highest BCUT2D eigenvalue weighted by Gasteiger charge is 2.34. The lowest BCUT2D eigenvalue weighted by molar-refractivity contribution is 0.0696. The van der Waals surface area contributed by atoms with Gasteiger partial charge >= 0.3 is 5.97 Å². The topological polar surface area (TPSA) is 40.5 Å². The molecule has 0 atom stereocenters. The first kappa shape index (κ1) is 15.7. The Morgan fingerprint density at radius 2 is 2.04 bits per heavy atom. The smallest absolute Gasteiger partial charge is 0.337 e. The molecule has 1 aromatic carbocycles. The Hall–Kier alpha value is -1.81. The Balaban J connectivity index is 1.92. The monoisotopic (exact) mass is 341 g/mol. The van der Waals surface area contributed by atoms with Crippen LogP contribution in [0.15, 0.2) is 18.2 Å². The summed E-state index contributed by atoms with van der Waals surface area (Å²) in [7, 11) is 2.11. The first-order valence-electron chi connectivity index (χ1n) is 8.58. The molecule has 2 heterocycles. The zero-order valence-electron chi connectivity index (χ0n) is 14.5. The number of rotatable bonds is 2. The van der Waals surface area contributed by atoms with E-state index < -0.39 is 5.97 Å². The van der Waals surface area contributed by atoms with Gasteiger partial charge in [0.25, 0.3) is 0 Å². The molecular weight excluding hydrogens is 318 g/mol. The molecule has 2 aliphatic rings. The fourth-order valence-corrected chi connectivity index (χ4v) is 5.51. The van der Waals surface area contributed by atoms with Gasteiger partial charge in [0.05, 0.1) is 5.56 Å². The van der Waals surface area contributed by atoms with Crippen LogP contribution in [0.2, 0.25) is 0 Å². The van der Waals surface area contributed by atoms with Crippen LogP contribution in [0.4, 0.5) is 5.69 Å². The molecule has 4 rings (SSSR count). The van der Waals surface area contributed by atoms with E-state index in [1.54, 1.807) is 11.3 Å². The molecule has 0 saturated carbocycles. The lowest BCUT2D eigenvalue weighted by Gasteiger charge is -2.29. The molecule has 0 spiro atoms. The molecule has 0 fully saturated rings. The molecule has 2 aromatic rings. The standard InChI is InChI=1S/C20H23NO2S/c1-20(2)9-7-16-14(11-20)17(19(22)23)18(24-16)13-5-4-6-15-12(13)8-10-21(15)3/h4-6H,7-11H2,1-3H3,(H,22,23). The van der Waals surface area contributed by atoms with Crippen LogP contribution < -0.4 is 4.90 Å². The van der Waals surface area contributed by atoms with E-state index in [9.17, 15) is 9.90 Å². The molecular formula is C20H23NO2S. The summed E-state index contributed by atoms with van der Waals surface area (Å²) >= 11 is 1.71. The Bertz CT molecular complexity index is 834. The van der Waals surface area contributed by atoms with Crippen LogP contribution in [-0.4, -0.2) is 24.7 Å². The van der Waals surface area contributed by atoms with Crippen molar-refractivity contribution in [3.05, 3.63) is 39.8 Å². The van der Waals surface area contributed by atoms with Gasteiger partial charge in [-0.3, -0.25) is 0 Å². The number of nitrogens with zero attached hydrogens (tertiary/aromatic N) is 1. The first-order valence-corrected chi connectivity index (χ1v) is 9.40. The number of fused-ring (bicyclic) bond motifs is 2. The van der Waals surface area contributed by atoms with Crippen LogP contribution in [0.5, 0.6) is 0 Å². The van der Waals surface area contributed by atoms with Crippen LogP contribution >= 0.6 is 11.3 Å². The van der Waals surface area contributed by atoms with Crippen molar-refractivity contribution >= 4 is 23.0 Å². The third-order valence-corrected chi connectivity index (χ3v) is 6.82. The molecule has 24 heavy (non-hydrogen) atoms. The third kappa shape index (κ3) is 2.35. The van der Waals surface area contributed by atoms with Gasteiger partial charge in [-0.2, -0.15) is 0 Å². The van der Waals surface area contributed by atoms with Crippen molar-refractivity contribution in [2.75, 3.05) is 18.5 Å². The highest BCUT2D eigenvalue weighted by molar-refractivity contribution is 7.16. The molecule has 0 unspecified atom stereocenters. The highest BCUT2D eigenvalue weighted by Crippen LogP contribution is 2.47. The van der Waals surface area contributed by atoms with E-state index in [1.807, 2.05) is 0 Å². The van der Waals surface area contributed by atoms with E-state index >= 15 is 0 Å². The van der Waals surface area contributed by atoms with Crippen molar-refractivity contribution in [2.24, 2.45) is 5.41 Å². The maximum absolute atomic E-state index is 12.1. The molecule has 1 aliphatic heterocycles. The van der Waals surface area contributed by atoms with Gasteiger partial charge in [-0.25, -0.2) is 4.79 Å². The van der Waals surface area contributed by atoms with Crippen LogP contribution in [0, 0.1) is 5.41 Å². The fourth-order valence-electron chi connectivity index (χ4n) is 4.14. The van der Waals surface area contributed by atoms with Gasteiger partial charge in [0.2, 0.25) is 0 Å². The molecule has 0 bridgehead atoms. The number of aromatic carboxylic acids is 1. The molecule has 1 aliphatic carbocycles. The van der Waals surface area contributed by atoms with E-state index in [2.05, 4.69) is 44.0 Å². The van der Waals surface area contributed by atoms with Crippen molar-refractivity contribution < 1.29 is 9.90 Å². The zero-order chi connectivity index (χ0) is 17.1. The molecule has 4 heteroatoms. The average molecular weight is 341 g/mol. The number of aryl methyl sites for hydroxylation is 1. The summed E-state index contributed by atoms with van der Waals surface area (Å²) in [6, 6.07) is 6.31. The Morgan fingerprint density at radius 3 is 2.79 bits per heavy atom. The van der Waals surface area contributed by atoms with Crippen molar-refractivity contribution in [2.45, 2.75) is 39.5 Å². The second kappa shape index (κ2) is 5.35. The maximum atomic E-state index is 12.1. The van der Waals surface area contributed by atoms with Crippen molar-refractivity contribution in [1.29, 1.82) is 0 Å². The van der Waals surface area contributed by atoms with Gasteiger partial charge in [0.1, 0.15) is 0 Å². The summed E-state index contributed by atoms with van der Waals surface area (Å²) in [5.41, 5.74) is 5.52. The number of anilines is 1. The summed E-state index contributed by atoms with van der Waals surface area (Å²) < 4.78 is 0. The van der Waals surface area contributed by atoms with Gasteiger partial charge in [0, 0.05) is 29.0 Å². The molecule has 126 valence electrons. The summed E-state index contributed by atoms with van der Waals surface area (Å²) in [4.78, 5) is 16.6. The number of thiophene rings is 1. The zero-order valence-corrected chi connectivity index (χ0v) is 15.3. The maximum Gasteiger partial charge on any atom is 0.337 e. The van der Waals surface area contributed by atoms with Gasteiger partial charge in [0.15, 0.2) is 0 Å². The minimum Gasteiger partial charge on any atom is -0.478 e. The van der Waals surface area contributed by atoms with Crippen molar-refractivity contribution in [3.8, 4) is 10.4 Å². The van der Waals surface area contributed by atoms with Crippen molar-refractivity contribution in [1.82, 2.24) is 0 Å². The van der Waals surface area contributed by atoms with E-state index in [-0.39, 0.29) is 5.41 Å². The average Bonchev–Trinajstić information content (AvgIpc) is 3.07. The second-order valence-electron chi connectivity index (χ2n) is 7.83. The number of hydrogen-bond donors (Lipinski definition) is 1. The second-order valence-corrected chi connectivity index (χ2v) is 8.93. The highest BCUT2D eigenvalue weighted by atomic mass is 32.1. The largest absolute Gasteiger partial charge is 0.478 e. The molecule has 0 radical (unpaired) electrons. The van der Waals surface area contributed by atoms with Gasteiger partial charge in [-0.15, -0.1) is 11.3 Å². The number of carbonyl (C=O) groups is 1. The minimum atomic E-state index is -0.774. The predicted molar refractivity (Wildman–Crippen MR) is 99.5 cm³/mol. The van der Waals surface area contributed by atoms with E-state index in [0.717, 1.165) is 48.2 Å². The number of likely N-dealkylation sites (N-methyl/N-ethyl adjacent to an activating group) is 1. The number of carboxylic acids is 1. The number of hydrogen-bond acceptors (Lipinski definition) is 3. The first-order chi connectivity index (χ1) is 11.4. The third-order valence-electron chi connectivity index (χ3n) is 5.49. The van der Waals surface area contributed by atoms with Crippen LogP contribution in [0.1, 0.15) is 46.6 Å². The Labute approximate surface area is 146 Å². The minimum absolute atomic E-state index is 0.189. The molecule has 1 N–H and O–H groups in total. The van der Waals surface area contributed by atoms with E-state index in [4.69, 9.17) is 0 Å². The summed E-state index contributed by atoms with van der Waals surface area (Å²) in [6.45, 7) is 5.50. The van der Waals surface area contributed by atoms with Crippen LogP contribution in [0.3, 0.4) is 0 Å². The van der Waals surface area contributed by atoms with Crippen molar-refractivity contribution in [3.63, 3.8) is 0 Å². The summed E-state index contributed by atoms with van der Waals surface area (Å²) in [5, 5.41) is 9.94. The molecule has 0 saturated heterocycles. The Morgan fingerprint density at radius 1 is 1.25 bits per heavy atom. The fraction of sp³-hybridized carbons (Fsp3) is 0.450. The summed E-state index contributed by atoms with van der Waals surface area (Å²) in [5.74, 6) is -0.774. The van der Waals surface area contributed by atoms with Crippen LogP contribution in [-0.2, 0) is 19.3 Å². The number of carboxylic acid groups (broad SMARTS) is 1. The summed E-state index contributed by atoms with van der Waals surface area (Å²) in [6.07, 6.45) is 4.00. The quantitative estimate of drug-likeness (QED) is 0.866. The predicted octanol–water partition coefficient (Wildman–Crippen LogP) is 4.62. The number of benzene rings is 1. The molecule has 3 nitrogen and oxygen atoms in total. The molecule has 1 aromatic heterocycles. The van der Waals surface area contributed by atoms with E-state index in [1.165, 1.54) is 16.1 Å². The Kier molecular flexibility index (Phi) is 3.50. The molecule has 0 amide bonds. The normalized spacial score (nSPS) is 18.4.